The van der Waals surface area contributed by atoms with Crippen molar-refractivity contribution in [2.24, 2.45) is 0 Å². The minimum absolute atomic E-state index is 0.0459. The third kappa shape index (κ3) is 6.00. The van der Waals surface area contributed by atoms with Gasteiger partial charge in [-0.1, -0.05) is 30.3 Å². The van der Waals surface area contributed by atoms with Gasteiger partial charge in [0.05, 0.1) is 29.8 Å². The molecule has 0 saturated carbocycles. The number of nitrogens with zero attached hydrogens (tertiary/aromatic N) is 1. The lowest BCUT2D eigenvalue weighted by Crippen LogP contribution is -2.48. The molecule has 2 N–H and O–H groups in total. The number of rotatable bonds is 10. The van der Waals surface area contributed by atoms with Crippen molar-refractivity contribution < 1.29 is 41.4 Å². The van der Waals surface area contributed by atoms with Crippen LogP contribution in [0.2, 0.25) is 0 Å². The van der Waals surface area contributed by atoms with Crippen LogP contribution in [0.5, 0.6) is 11.5 Å². The summed E-state index contributed by atoms with van der Waals surface area (Å²) in [7, 11) is -2.79. The van der Waals surface area contributed by atoms with Crippen LogP contribution < -0.4 is 19.1 Å². The first-order valence-electron chi connectivity index (χ1n) is 13.1. The topological polar surface area (TPSA) is 122 Å². The molecule has 1 atom stereocenters. The van der Waals surface area contributed by atoms with E-state index < -0.39 is 39.6 Å². The minimum atomic E-state index is -4.21. The number of amides is 1. The van der Waals surface area contributed by atoms with Gasteiger partial charge in [0.25, 0.3) is 10.0 Å². The fourth-order valence-corrected chi connectivity index (χ4v) is 6.53. The normalized spacial score (nSPS) is 14.2. The van der Waals surface area contributed by atoms with Crippen molar-refractivity contribution in [3.63, 3.8) is 0 Å². The average Bonchev–Trinajstić information content (AvgIpc) is 3.40. The Labute approximate surface area is 246 Å². The Bertz CT molecular complexity index is 1800. The summed E-state index contributed by atoms with van der Waals surface area (Å²) < 4.78 is 67.3. The van der Waals surface area contributed by atoms with Crippen molar-refractivity contribution in [1.29, 1.82) is 0 Å². The number of carbonyl (C=O) groups is 2. The van der Waals surface area contributed by atoms with Gasteiger partial charge in [-0.2, -0.15) is 0 Å². The number of benzene rings is 4. The molecule has 1 heterocycles. The number of carboxylic acid groups (broad SMARTS) is 1. The summed E-state index contributed by atoms with van der Waals surface area (Å²) in [5.41, 5.74) is 2.02. The van der Waals surface area contributed by atoms with Crippen LogP contribution in [0.15, 0.2) is 89.8 Å². The smallest absolute Gasteiger partial charge is 0.335 e. The average molecular weight is 609 g/mol. The van der Waals surface area contributed by atoms with E-state index in [1.165, 1.54) is 49.6 Å². The van der Waals surface area contributed by atoms with Crippen molar-refractivity contribution >= 4 is 27.6 Å². The molecule has 12 heteroatoms. The molecule has 9 nitrogen and oxygen atoms in total. The van der Waals surface area contributed by atoms with Gasteiger partial charge in [0, 0.05) is 18.1 Å². The summed E-state index contributed by atoms with van der Waals surface area (Å²) >= 11 is 0. The second-order valence-electron chi connectivity index (χ2n) is 9.61. The molecule has 43 heavy (non-hydrogen) atoms. The first kappa shape index (κ1) is 29.5. The number of methoxy groups -OCH3 is 1. The van der Waals surface area contributed by atoms with Crippen molar-refractivity contribution in [1.82, 2.24) is 5.32 Å². The Balaban J connectivity index is 1.33. The zero-order valence-corrected chi connectivity index (χ0v) is 23.6. The molecule has 4 aromatic carbocycles. The number of hydrogen-bond donors (Lipinski definition) is 2. The van der Waals surface area contributed by atoms with Crippen molar-refractivity contribution in [2.45, 2.75) is 17.4 Å². The lowest BCUT2D eigenvalue weighted by atomic mass is 10.0. The maximum Gasteiger partial charge on any atom is 0.335 e. The molecular weight excluding hydrogens is 582 g/mol. The van der Waals surface area contributed by atoms with Crippen LogP contribution in [0.4, 0.5) is 14.5 Å². The summed E-state index contributed by atoms with van der Waals surface area (Å²) in [6.45, 7) is -0.205. The van der Waals surface area contributed by atoms with Gasteiger partial charge < -0.3 is 19.9 Å². The first-order chi connectivity index (χ1) is 20.6. The van der Waals surface area contributed by atoms with E-state index in [4.69, 9.17) is 14.6 Å². The SMILES string of the molecule is COc1cc(F)ccc1-c1ccc(S(=O)(=O)N2c3ccccc3C[C@H]2C(=O)NCCOc2ccc(C(=O)O)cc2F)cc1. The third-order valence-corrected chi connectivity index (χ3v) is 8.79. The van der Waals surface area contributed by atoms with Crippen LogP contribution in [-0.2, 0) is 21.2 Å². The molecule has 1 amide bonds. The molecule has 0 unspecified atom stereocenters. The zero-order valence-electron chi connectivity index (χ0n) is 22.8. The van der Waals surface area contributed by atoms with E-state index in [1.54, 1.807) is 36.4 Å². The van der Waals surface area contributed by atoms with Gasteiger partial charge in [-0.25, -0.2) is 22.0 Å². The van der Waals surface area contributed by atoms with Crippen LogP contribution in [-0.4, -0.2) is 51.7 Å². The van der Waals surface area contributed by atoms with Gasteiger partial charge in [0.1, 0.15) is 24.2 Å². The Morgan fingerprint density at radius 2 is 1.72 bits per heavy atom. The maximum absolute atomic E-state index is 14.1. The third-order valence-electron chi connectivity index (χ3n) is 6.95. The highest BCUT2D eigenvalue weighted by Gasteiger charge is 2.42. The predicted octanol–water partition coefficient (Wildman–Crippen LogP) is 4.65. The Morgan fingerprint density at radius 3 is 2.42 bits per heavy atom. The van der Waals surface area contributed by atoms with Gasteiger partial charge >= 0.3 is 5.97 Å². The summed E-state index contributed by atoms with van der Waals surface area (Å²) in [6, 6.07) is 19.0. The Hall–Kier alpha value is -4.97. The van der Waals surface area contributed by atoms with Gasteiger partial charge in [-0.15, -0.1) is 0 Å². The fourth-order valence-electron chi connectivity index (χ4n) is 4.88. The number of sulfonamides is 1. The largest absolute Gasteiger partial charge is 0.496 e. The summed E-state index contributed by atoms with van der Waals surface area (Å²) in [5.74, 6) is -3.07. The van der Waals surface area contributed by atoms with E-state index in [9.17, 15) is 26.8 Å². The van der Waals surface area contributed by atoms with E-state index in [0.717, 1.165) is 10.4 Å². The van der Waals surface area contributed by atoms with Crippen LogP contribution in [0, 0.1) is 11.6 Å². The molecule has 0 radical (unpaired) electrons. The highest BCUT2D eigenvalue weighted by Crippen LogP contribution is 2.38. The van der Waals surface area contributed by atoms with E-state index in [1.807, 2.05) is 0 Å². The summed E-state index contributed by atoms with van der Waals surface area (Å²) in [4.78, 5) is 24.2. The predicted molar refractivity (Wildman–Crippen MR) is 154 cm³/mol. The molecule has 0 aromatic heterocycles. The quantitative estimate of drug-likeness (QED) is 0.251. The molecule has 0 spiro atoms. The zero-order chi connectivity index (χ0) is 30.7. The second-order valence-corrected chi connectivity index (χ2v) is 11.4. The number of halogens is 2. The van der Waals surface area contributed by atoms with Crippen molar-refractivity contribution in [3.05, 3.63) is 108 Å². The molecule has 0 aliphatic carbocycles. The van der Waals surface area contributed by atoms with E-state index in [-0.39, 0.29) is 35.8 Å². The molecule has 0 bridgehead atoms. The van der Waals surface area contributed by atoms with Crippen LogP contribution in [0.3, 0.4) is 0 Å². The standard InChI is InChI=1S/C31H26F2N2O7S/c1-41-29-18-22(32)9-12-24(29)19-6-10-23(11-7-19)43(39,40)35-26-5-3-2-4-20(26)17-27(35)30(36)34-14-15-42-28-13-8-21(31(37)38)16-25(28)33/h2-13,16,18,27H,14-15,17H2,1H3,(H,34,36)(H,37,38)/t27-/m0/s1. The van der Waals surface area contributed by atoms with Gasteiger partial charge in [-0.05, 0) is 59.7 Å². The second kappa shape index (κ2) is 12.1. The van der Waals surface area contributed by atoms with Gasteiger partial charge in [0.2, 0.25) is 5.91 Å². The fraction of sp³-hybridized carbons (Fsp3) is 0.161. The molecule has 0 fully saturated rings. The van der Waals surface area contributed by atoms with Crippen molar-refractivity contribution in [3.8, 4) is 22.6 Å². The number of fused-ring (bicyclic) bond motifs is 1. The minimum Gasteiger partial charge on any atom is -0.496 e. The van der Waals surface area contributed by atoms with Crippen LogP contribution in [0.1, 0.15) is 15.9 Å². The number of ether oxygens (including phenoxy) is 2. The summed E-state index contributed by atoms with van der Waals surface area (Å²) in [6.07, 6.45) is 0.137. The Kier molecular flexibility index (Phi) is 8.31. The molecule has 0 saturated heterocycles. The van der Waals surface area contributed by atoms with Crippen molar-refractivity contribution in [2.75, 3.05) is 24.6 Å². The van der Waals surface area contributed by atoms with Gasteiger partial charge in [0.15, 0.2) is 11.6 Å². The van der Waals surface area contributed by atoms with Gasteiger partial charge in [-0.3, -0.25) is 9.10 Å². The summed E-state index contributed by atoms with van der Waals surface area (Å²) in [5, 5.41) is 11.6. The maximum atomic E-state index is 14.1. The molecule has 5 rings (SSSR count). The molecule has 222 valence electrons. The molecule has 1 aliphatic heterocycles. The molecular formula is C31H26F2N2O7S. The lowest BCUT2D eigenvalue weighted by Gasteiger charge is -2.26. The number of anilines is 1. The number of carbonyl (C=O) groups excluding carboxylic acids is 1. The molecule has 1 aliphatic rings. The number of para-hydroxylation sites is 1. The monoisotopic (exact) mass is 608 g/mol. The van der Waals surface area contributed by atoms with E-state index in [0.29, 0.717) is 28.1 Å². The highest BCUT2D eigenvalue weighted by atomic mass is 32.2. The number of hydrogen-bond acceptors (Lipinski definition) is 6. The number of aromatic carboxylic acids is 1. The lowest BCUT2D eigenvalue weighted by molar-refractivity contribution is -0.122. The van der Waals surface area contributed by atoms with Crippen LogP contribution >= 0.6 is 0 Å². The van der Waals surface area contributed by atoms with E-state index >= 15 is 0 Å². The Morgan fingerprint density at radius 1 is 0.977 bits per heavy atom. The highest BCUT2D eigenvalue weighted by molar-refractivity contribution is 7.93. The first-order valence-corrected chi connectivity index (χ1v) is 14.5. The molecule has 4 aromatic rings. The number of nitrogens with one attached hydrogen (secondary N) is 1. The van der Waals surface area contributed by atoms with E-state index in [2.05, 4.69) is 5.32 Å². The van der Waals surface area contributed by atoms with Crippen LogP contribution in [0.25, 0.3) is 11.1 Å². The number of carboxylic acids is 1.